The van der Waals surface area contributed by atoms with E-state index in [1.54, 1.807) is 0 Å². The van der Waals surface area contributed by atoms with Gasteiger partial charge in [0.25, 0.3) is 0 Å². The molecule has 0 spiro atoms. The molecule has 0 saturated carbocycles. The molecule has 3 fully saturated rings. The molecule has 7 nitrogen and oxygen atoms in total. The van der Waals surface area contributed by atoms with Gasteiger partial charge in [-0.15, -0.1) is 0 Å². The summed E-state index contributed by atoms with van der Waals surface area (Å²) in [5.74, 6) is 2.30. The summed E-state index contributed by atoms with van der Waals surface area (Å²) in [5, 5.41) is 3.68. The molecule has 184 valence electrons. The lowest BCUT2D eigenvalue weighted by Gasteiger charge is -2.40. The number of aromatic nitrogens is 2. The average Bonchev–Trinajstić information content (AvgIpc) is 3.27. The van der Waals surface area contributed by atoms with E-state index < -0.39 is 0 Å². The fraction of sp³-hybridized carbons (Fsp3) is 0.808. The Morgan fingerprint density at radius 3 is 2.61 bits per heavy atom. The monoisotopic (exact) mass is 456 g/mol. The van der Waals surface area contributed by atoms with Gasteiger partial charge in [0.2, 0.25) is 11.9 Å². The van der Waals surface area contributed by atoms with E-state index in [-0.39, 0.29) is 5.92 Å². The highest BCUT2D eigenvalue weighted by Gasteiger charge is 2.31. The quantitative estimate of drug-likeness (QED) is 0.693. The van der Waals surface area contributed by atoms with Crippen molar-refractivity contribution < 1.29 is 4.79 Å². The van der Waals surface area contributed by atoms with Crippen LogP contribution in [0.1, 0.15) is 78.1 Å². The van der Waals surface area contributed by atoms with Crippen LogP contribution in [-0.4, -0.2) is 77.0 Å². The Bertz CT molecular complexity index is 750. The highest BCUT2D eigenvalue weighted by atomic mass is 16.2. The molecule has 4 rings (SSSR count). The Hall–Kier alpha value is -1.89. The lowest BCUT2D eigenvalue weighted by Crippen LogP contribution is -2.52. The van der Waals surface area contributed by atoms with E-state index in [0.717, 1.165) is 70.3 Å². The molecule has 3 atom stereocenters. The highest BCUT2D eigenvalue weighted by molar-refractivity contribution is 5.78. The topological polar surface area (TPSA) is 64.6 Å². The van der Waals surface area contributed by atoms with Gasteiger partial charge in [-0.3, -0.25) is 9.69 Å². The first-order valence-electron chi connectivity index (χ1n) is 13.5. The summed E-state index contributed by atoms with van der Waals surface area (Å²) in [5.41, 5.74) is 0. The van der Waals surface area contributed by atoms with Crippen molar-refractivity contribution in [2.75, 3.05) is 49.5 Å². The molecule has 3 saturated heterocycles. The van der Waals surface area contributed by atoms with Crippen molar-refractivity contribution >= 4 is 17.7 Å². The zero-order valence-electron chi connectivity index (χ0n) is 20.8. The molecule has 1 amide bonds. The van der Waals surface area contributed by atoms with Crippen LogP contribution >= 0.6 is 0 Å². The standard InChI is InChI=1S/C26H44N6O/c1-3-21(2)25(33)32-18-10-12-23(20-32)31-17-9-6-11-22(19-31)28-26-27-14-13-24(29-26)30-15-7-4-5-8-16-30/h13-14,21-23H,3-12,15-20H2,1-2H3,(H,27,28,29). The summed E-state index contributed by atoms with van der Waals surface area (Å²) in [6, 6.07) is 2.88. The second-order valence-corrected chi connectivity index (χ2v) is 10.4. The fourth-order valence-electron chi connectivity index (χ4n) is 5.64. The smallest absolute Gasteiger partial charge is 0.225 e. The first-order chi connectivity index (χ1) is 16.1. The Morgan fingerprint density at radius 1 is 1.03 bits per heavy atom. The van der Waals surface area contributed by atoms with Gasteiger partial charge in [0.05, 0.1) is 0 Å². The van der Waals surface area contributed by atoms with Crippen molar-refractivity contribution in [3.8, 4) is 0 Å². The van der Waals surface area contributed by atoms with Crippen LogP contribution in [0.2, 0.25) is 0 Å². The van der Waals surface area contributed by atoms with E-state index in [1.807, 2.05) is 6.20 Å². The molecule has 0 bridgehead atoms. The molecule has 0 aliphatic carbocycles. The van der Waals surface area contributed by atoms with Crippen molar-refractivity contribution in [1.82, 2.24) is 19.8 Å². The van der Waals surface area contributed by atoms with Crippen LogP contribution < -0.4 is 10.2 Å². The first kappa shape index (κ1) is 24.2. The highest BCUT2D eigenvalue weighted by Crippen LogP contribution is 2.24. The first-order valence-corrected chi connectivity index (χ1v) is 13.5. The van der Waals surface area contributed by atoms with Crippen LogP contribution in [0.4, 0.5) is 11.8 Å². The molecule has 33 heavy (non-hydrogen) atoms. The van der Waals surface area contributed by atoms with E-state index in [4.69, 9.17) is 4.98 Å². The molecular formula is C26H44N6O. The summed E-state index contributed by atoms with van der Waals surface area (Å²) in [6.45, 7) is 10.3. The maximum Gasteiger partial charge on any atom is 0.225 e. The zero-order valence-corrected chi connectivity index (χ0v) is 20.8. The van der Waals surface area contributed by atoms with E-state index in [0.29, 0.717) is 18.0 Å². The molecule has 1 aromatic heterocycles. The van der Waals surface area contributed by atoms with Gasteiger partial charge in [0.1, 0.15) is 5.82 Å². The summed E-state index contributed by atoms with van der Waals surface area (Å²) >= 11 is 0. The summed E-state index contributed by atoms with van der Waals surface area (Å²) in [7, 11) is 0. The molecule has 1 aromatic rings. The maximum atomic E-state index is 12.8. The van der Waals surface area contributed by atoms with Gasteiger partial charge in [0.15, 0.2) is 0 Å². The number of nitrogens with zero attached hydrogens (tertiary/aromatic N) is 5. The third-order valence-electron chi connectivity index (χ3n) is 7.87. The second-order valence-electron chi connectivity index (χ2n) is 10.4. The molecule has 7 heteroatoms. The number of nitrogens with one attached hydrogen (secondary N) is 1. The van der Waals surface area contributed by atoms with Crippen molar-refractivity contribution in [2.24, 2.45) is 5.92 Å². The minimum Gasteiger partial charge on any atom is -0.356 e. The number of carbonyl (C=O) groups is 1. The molecule has 4 heterocycles. The Kier molecular flexibility index (Phi) is 8.82. The van der Waals surface area contributed by atoms with Crippen molar-refractivity contribution in [3.05, 3.63) is 12.3 Å². The molecular weight excluding hydrogens is 412 g/mol. The number of hydrogen-bond donors (Lipinski definition) is 1. The molecule has 1 N–H and O–H groups in total. The lowest BCUT2D eigenvalue weighted by molar-refractivity contribution is -0.137. The predicted octanol–water partition coefficient (Wildman–Crippen LogP) is 4.16. The van der Waals surface area contributed by atoms with Gasteiger partial charge in [0, 0.05) is 56.9 Å². The van der Waals surface area contributed by atoms with Crippen molar-refractivity contribution in [2.45, 2.75) is 90.1 Å². The van der Waals surface area contributed by atoms with E-state index >= 15 is 0 Å². The van der Waals surface area contributed by atoms with Crippen molar-refractivity contribution in [1.29, 1.82) is 0 Å². The van der Waals surface area contributed by atoms with Gasteiger partial charge < -0.3 is 15.1 Å². The van der Waals surface area contributed by atoms with Gasteiger partial charge in [-0.2, -0.15) is 4.98 Å². The molecule has 3 aliphatic heterocycles. The third-order valence-corrected chi connectivity index (χ3v) is 7.87. The summed E-state index contributed by atoms with van der Waals surface area (Å²) < 4.78 is 0. The van der Waals surface area contributed by atoms with Crippen LogP contribution in [0.15, 0.2) is 12.3 Å². The van der Waals surface area contributed by atoms with Crippen LogP contribution in [-0.2, 0) is 4.79 Å². The number of anilines is 2. The number of piperidine rings is 1. The maximum absolute atomic E-state index is 12.8. The Morgan fingerprint density at radius 2 is 1.82 bits per heavy atom. The van der Waals surface area contributed by atoms with Crippen molar-refractivity contribution in [3.63, 3.8) is 0 Å². The average molecular weight is 457 g/mol. The van der Waals surface area contributed by atoms with Crippen LogP contribution in [0, 0.1) is 5.92 Å². The molecule has 3 unspecified atom stereocenters. The van der Waals surface area contributed by atoms with E-state index in [1.165, 1.54) is 44.9 Å². The summed E-state index contributed by atoms with van der Waals surface area (Å²) in [4.78, 5) is 29.4. The molecule has 0 radical (unpaired) electrons. The van der Waals surface area contributed by atoms with Crippen LogP contribution in [0.3, 0.4) is 0 Å². The second kappa shape index (κ2) is 12.0. The third kappa shape index (κ3) is 6.58. The van der Waals surface area contributed by atoms with Gasteiger partial charge in [-0.1, -0.05) is 33.1 Å². The Labute approximate surface area is 200 Å². The van der Waals surface area contributed by atoms with Crippen LogP contribution in [0.5, 0.6) is 0 Å². The largest absolute Gasteiger partial charge is 0.356 e. The lowest BCUT2D eigenvalue weighted by atomic mass is 10.0. The van der Waals surface area contributed by atoms with E-state index in [9.17, 15) is 4.79 Å². The number of hydrogen-bond acceptors (Lipinski definition) is 6. The van der Waals surface area contributed by atoms with Gasteiger partial charge in [-0.05, 0) is 57.6 Å². The Balaban J connectivity index is 1.37. The number of rotatable bonds is 6. The van der Waals surface area contributed by atoms with E-state index in [2.05, 4.69) is 44.9 Å². The SMILES string of the molecule is CCC(C)C(=O)N1CCCC(N2CCCCC(Nc3nccc(N4CCCCCC4)n3)C2)C1. The molecule has 3 aliphatic rings. The number of carbonyl (C=O) groups excluding carboxylic acids is 1. The van der Waals surface area contributed by atoms with Crippen LogP contribution in [0.25, 0.3) is 0 Å². The fourth-order valence-corrected chi connectivity index (χ4v) is 5.64. The summed E-state index contributed by atoms with van der Waals surface area (Å²) in [6.07, 6.45) is 13.9. The predicted molar refractivity (Wildman–Crippen MR) is 135 cm³/mol. The van der Waals surface area contributed by atoms with Gasteiger partial charge >= 0.3 is 0 Å². The number of amides is 1. The normalized spacial score (nSPS) is 26.4. The minimum absolute atomic E-state index is 0.135. The molecule has 0 aromatic carbocycles. The zero-order chi connectivity index (χ0) is 23.0. The van der Waals surface area contributed by atoms with Gasteiger partial charge in [-0.25, -0.2) is 4.98 Å². The number of likely N-dealkylation sites (tertiary alicyclic amines) is 2. The minimum atomic E-state index is 0.135.